The van der Waals surface area contributed by atoms with E-state index < -0.39 is 0 Å². The van der Waals surface area contributed by atoms with Crippen LogP contribution in [0.2, 0.25) is 0 Å². The van der Waals surface area contributed by atoms with Crippen LogP contribution in [0.5, 0.6) is 0 Å². The van der Waals surface area contributed by atoms with Gasteiger partial charge in [-0.05, 0) is 44.6 Å². The second kappa shape index (κ2) is 8.44. The van der Waals surface area contributed by atoms with E-state index in [4.69, 9.17) is 0 Å². The number of amides is 1. The summed E-state index contributed by atoms with van der Waals surface area (Å²) >= 11 is 1.57. The van der Waals surface area contributed by atoms with Gasteiger partial charge in [0.15, 0.2) is 0 Å². The summed E-state index contributed by atoms with van der Waals surface area (Å²) in [4.78, 5) is 14.9. The summed E-state index contributed by atoms with van der Waals surface area (Å²) in [7, 11) is 0. The summed E-state index contributed by atoms with van der Waals surface area (Å²) in [5.41, 5.74) is 1.76. The molecule has 0 radical (unpaired) electrons. The van der Waals surface area contributed by atoms with Crippen molar-refractivity contribution >= 4 is 23.4 Å². The number of thioether (sulfide) groups is 1. The van der Waals surface area contributed by atoms with Crippen LogP contribution in [0.3, 0.4) is 0 Å². The molecule has 0 saturated carbocycles. The quantitative estimate of drug-likeness (QED) is 0.845. The Kier molecular flexibility index (Phi) is 6.58. The van der Waals surface area contributed by atoms with Crippen molar-refractivity contribution in [3.63, 3.8) is 0 Å². The number of anilines is 1. The first-order valence-electron chi connectivity index (χ1n) is 7.96. The summed E-state index contributed by atoms with van der Waals surface area (Å²) in [5.74, 6) is -0.0545. The van der Waals surface area contributed by atoms with Gasteiger partial charge in [0, 0.05) is 30.1 Å². The summed E-state index contributed by atoms with van der Waals surface area (Å²) < 4.78 is 0. The van der Waals surface area contributed by atoms with Crippen LogP contribution in [-0.2, 0) is 0 Å². The van der Waals surface area contributed by atoms with Crippen LogP contribution in [0.25, 0.3) is 0 Å². The molecule has 1 amide bonds. The molecule has 1 aromatic carbocycles. The third kappa shape index (κ3) is 4.17. The lowest BCUT2D eigenvalue weighted by molar-refractivity contribution is 0.0936. The van der Waals surface area contributed by atoms with Gasteiger partial charge in [-0.15, -0.1) is 0 Å². The van der Waals surface area contributed by atoms with Gasteiger partial charge in [-0.1, -0.05) is 12.1 Å². The molecule has 0 unspecified atom stereocenters. The Hall–Kier alpha value is -1.20. The normalized spacial score (nSPS) is 17.9. The molecule has 2 rings (SSSR count). The van der Waals surface area contributed by atoms with Crippen LogP contribution in [0.1, 0.15) is 36.5 Å². The van der Waals surface area contributed by atoms with Gasteiger partial charge in [-0.25, -0.2) is 0 Å². The number of nitrogens with zero attached hydrogens (tertiary/aromatic N) is 1. The van der Waals surface area contributed by atoms with Gasteiger partial charge in [-0.3, -0.25) is 4.79 Å². The highest BCUT2D eigenvalue weighted by Gasteiger charge is 2.22. The summed E-state index contributed by atoms with van der Waals surface area (Å²) in [6.45, 7) is 4.04. The topological polar surface area (TPSA) is 52.6 Å². The first-order chi connectivity index (χ1) is 10.7. The van der Waals surface area contributed by atoms with Crippen LogP contribution in [0.4, 0.5) is 5.69 Å². The average Bonchev–Trinajstić information content (AvgIpc) is 2.56. The molecule has 1 aliphatic rings. The Bertz CT molecular complexity index is 485. The van der Waals surface area contributed by atoms with Crippen molar-refractivity contribution in [3.05, 3.63) is 29.8 Å². The summed E-state index contributed by atoms with van der Waals surface area (Å²) in [5, 5.41) is 12.4. The summed E-state index contributed by atoms with van der Waals surface area (Å²) in [6.07, 6.45) is 5.59. The lowest BCUT2D eigenvalue weighted by atomic mass is 10.1. The fraction of sp³-hybridized carbons (Fsp3) is 0.588. The monoisotopic (exact) mass is 322 g/mol. The average molecular weight is 322 g/mol. The zero-order valence-electron chi connectivity index (χ0n) is 13.4. The van der Waals surface area contributed by atoms with Gasteiger partial charge in [0.05, 0.1) is 12.2 Å². The van der Waals surface area contributed by atoms with Crippen molar-refractivity contribution in [1.29, 1.82) is 0 Å². The minimum Gasteiger partial charge on any atom is -0.395 e. The Labute approximate surface area is 137 Å². The highest BCUT2D eigenvalue weighted by molar-refractivity contribution is 7.99. The van der Waals surface area contributed by atoms with Gasteiger partial charge in [0.1, 0.15) is 0 Å². The first kappa shape index (κ1) is 17.2. The molecule has 0 spiro atoms. The number of hydrogen-bond acceptors (Lipinski definition) is 4. The second-order valence-electron chi connectivity index (χ2n) is 5.78. The molecule has 4 nitrogen and oxygen atoms in total. The number of benzene rings is 1. The van der Waals surface area contributed by atoms with E-state index in [1.165, 1.54) is 19.3 Å². The molecule has 0 aromatic heterocycles. The van der Waals surface area contributed by atoms with Crippen LogP contribution in [0.15, 0.2) is 24.3 Å². The van der Waals surface area contributed by atoms with Crippen molar-refractivity contribution in [2.75, 3.05) is 30.9 Å². The van der Waals surface area contributed by atoms with Crippen LogP contribution >= 0.6 is 11.8 Å². The van der Waals surface area contributed by atoms with Crippen molar-refractivity contribution in [1.82, 2.24) is 5.32 Å². The molecule has 1 fully saturated rings. The maximum Gasteiger partial charge on any atom is 0.253 e. The SMILES string of the molecule is CS[C@@H](CO)[C@@H](C)NC(=O)c1ccccc1N1CCCCC1. The van der Waals surface area contributed by atoms with E-state index in [9.17, 15) is 9.90 Å². The second-order valence-corrected chi connectivity index (χ2v) is 6.86. The number of rotatable bonds is 6. The number of hydrogen-bond donors (Lipinski definition) is 2. The molecule has 1 heterocycles. The molecule has 1 aromatic rings. The minimum absolute atomic E-state index is 0.0195. The van der Waals surface area contributed by atoms with Gasteiger partial charge in [0.2, 0.25) is 0 Å². The number of piperidine rings is 1. The number of carbonyl (C=O) groups excluding carboxylic acids is 1. The number of para-hydroxylation sites is 1. The number of carbonyl (C=O) groups is 1. The maximum absolute atomic E-state index is 12.6. The standard InChI is InChI=1S/C17H26N2O2S/c1-13(16(12-20)22-2)18-17(21)14-8-4-5-9-15(14)19-10-6-3-7-11-19/h4-5,8-9,13,16,20H,3,6-7,10-12H2,1-2H3,(H,18,21)/t13-,16+/m1/s1. The van der Waals surface area contributed by atoms with E-state index in [1.807, 2.05) is 37.4 Å². The molecule has 122 valence electrons. The van der Waals surface area contributed by atoms with E-state index in [0.717, 1.165) is 24.3 Å². The third-order valence-electron chi connectivity index (χ3n) is 4.24. The molecule has 0 aliphatic carbocycles. The highest BCUT2D eigenvalue weighted by Crippen LogP contribution is 2.24. The number of nitrogens with one attached hydrogen (secondary N) is 1. The Morgan fingerprint density at radius 1 is 1.32 bits per heavy atom. The van der Waals surface area contributed by atoms with Crippen molar-refractivity contribution in [3.8, 4) is 0 Å². The Morgan fingerprint density at radius 2 is 2.00 bits per heavy atom. The number of aliphatic hydroxyl groups is 1. The Morgan fingerprint density at radius 3 is 2.64 bits per heavy atom. The molecule has 1 saturated heterocycles. The molecule has 22 heavy (non-hydrogen) atoms. The van der Waals surface area contributed by atoms with E-state index >= 15 is 0 Å². The maximum atomic E-state index is 12.6. The first-order valence-corrected chi connectivity index (χ1v) is 9.24. The fourth-order valence-corrected chi connectivity index (χ4v) is 3.52. The molecular weight excluding hydrogens is 296 g/mol. The molecule has 0 bridgehead atoms. The fourth-order valence-electron chi connectivity index (χ4n) is 2.89. The van der Waals surface area contributed by atoms with E-state index in [-0.39, 0.29) is 23.8 Å². The van der Waals surface area contributed by atoms with Crippen molar-refractivity contribution < 1.29 is 9.90 Å². The third-order valence-corrected chi connectivity index (χ3v) is 5.41. The van der Waals surface area contributed by atoms with Gasteiger partial charge in [0.25, 0.3) is 5.91 Å². The molecule has 2 N–H and O–H groups in total. The smallest absolute Gasteiger partial charge is 0.253 e. The van der Waals surface area contributed by atoms with Crippen molar-refractivity contribution in [2.24, 2.45) is 0 Å². The molecule has 2 atom stereocenters. The van der Waals surface area contributed by atoms with Gasteiger partial charge < -0.3 is 15.3 Å². The highest BCUT2D eigenvalue weighted by atomic mass is 32.2. The van der Waals surface area contributed by atoms with Crippen molar-refractivity contribution in [2.45, 2.75) is 37.5 Å². The lowest BCUT2D eigenvalue weighted by Crippen LogP contribution is -2.42. The van der Waals surface area contributed by atoms with E-state index in [1.54, 1.807) is 11.8 Å². The zero-order chi connectivity index (χ0) is 15.9. The van der Waals surface area contributed by atoms with Crippen LogP contribution in [0, 0.1) is 0 Å². The Balaban J connectivity index is 2.12. The predicted molar refractivity (Wildman–Crippen MR) is 93.8 cm³/mol. The lowest BCUT2D eigenvalue weighted by Gasteiger charge is -2.30. The largest absolute Gasteiger partial charge is 0.395 e. The predicted octanol–water partition coefficient (Wildman–Crippen LogP) is 2.52. The van der Waals surface area contributed by atoms with Gasteiger partial charge in [-0.2, -0.15) is 11.8 Å². The van der Waals surface area contributed by atoms with E-state index in [0.29, 0.717) is 0 Å². The number of aliphatic hydroxyl groups excluding tert-OH is 1. The van der Waals surface area contributed by atoms with Crippen LogP contribution in [-0.4, -0.2) is 48.3 Å². The molecule has 1 aliphatic heterocycles. The zero-order valence-corrected chi connectivity index (χ0v) is 14.2. The van der Waals surface area contributed by atoms with E-state index in [2.05, 4.69) is 10.2 Å². The van der Waals surface area contributed by atoms with Crippen LogP contribution < -0.4 is 10.2 Å². The molecule has 5 heteroatoms. The minimum atomic E-state index is -0.0677. The van der Waals surface area contributed by atoms with Gasteiger partial charge >= 0.3 is 0 Å². The summed E-state index contributed by atoms with van der Waals surface area (Å²) in [6, 6.07) is 7.75. The molecular formula is C17H26N2O2S.